The Balaban J connectivity index is 1.74. The largest absolute Gasteiger partial charge is 0.481 e. The summed E-state index contributed by atoms with van der Waals surface area (Å²) < 4.78 is 5.10. The minimum Gasteiger partial charge on any atom is -0.481 e. The van der Waals surface area contributed by atoms with Crippen molar-refractivity contribution < 1.29 is 14.3 Å². The van der Waals surface area contributed by atoms with E-state index in [1.54, 1.807) is 37.5 Å². The normalized spacial score (nSPS) is 19.9. The van der Waals surface area contributed by atoms with Gasteiger partial charge in [0.15, 0.2) is 0 Å². The van der Waals surface area contributed by atoms with Gasteiger partial charge in [-0.15, -0.1) is 0 Å². The summed E-state index contributed by atoms with van der Waals surface area (Å²) >= 11 is 0. The fraction of sp³-hybridized carbons (Fsp3) is 0.368. The van der Waals surface area contributed by atoms with Crippen molar-refractivity contribution in [1.29, 1.82) is 0 Å². The predicted octanol–water partition coefficient (Wildman–Crippen LogP) is 1.71. The van der Waals surface area contributed by atoms with Gasteiger partial charge < -0.3 is 15.0 Å². The SMILES string of the molecule is COc1cccc(CNC(=O)[C@H]2CCC(=O)N(C)[C@@H]2c2ccncc2)n1. The number of ether oxygens (including phenoxy) is 1. The van der Waals surface area contributed by atoms with Gasteiger partial charge in [0.1, 0.15) is 0 Å². The number of likely N-dealkylation sites (tertiary alicyclic amines) is 1. The molecule has 1 aliphatic rings. The highest BCUT2D eigenvalue weighted by Crippen LogP contribution is 2.35. The van der Waals surface area contributed by atoms with Gasteiger partial charge in [-0.1, -0.05) is 6.07 Å². The van der Waals surface area contributed by atoms with Crippen LogP contribution in [0.2, 0.25) is 0 Å². The molecule has 2 aromatic rings. The van der Waals surface area contributed by atoms with Gasteiger partial charge in [-0.2, -0.15) is 0 Å². The Morgan fingerprint density at radius 1 is 1.31 bits per heavy atom. The number of methoxy groups -OCH3 is 1. The van der Waals surface area contributed by atoms with Gasteiger partial charge in [-0.25, -0.2) is 4.98 Å². The highest BCUT2D eigenvalue weighted by atomic mass is 16.5. The van der Waals surface area contributed by atoms with Crippen molar-refractivity contribution in [3.8, 4) is 5.88 Å². The molecule has 0 aromatic carbocycles. The van der Waals surface area contributed by atoms with Crippen LogP contribution in [0, 0.1) is 5.92 Å². The number of carbonyl (C=O) groups excluding carboxylic acids is 2. The Hall–Kier alpha value is -2.96. The van der Waals surface area contributed by atoms with Crippen molar-refractivity contribution in [1.82, 2.24) is 20.2 Å². The summed E-state index contributed by atoms with van der Waals surface area (Å²) in [5.41, 5.74) is 1.63. The first-order valence-corrected chi connectivity index (χ1v) is 8.53. The van der Waals surface area contributed by atoms with Crippen LogP contribution in [0.3, 0.4) is 0 Å². The zero-order valence-electron chi connectivity index (χ0n) is 14.9. The number of piperidine rings is 1. The zero-order valence-corrected chi connectivity index (χ0v) is 14.9. The number of aromatic nitrogens is 2. The molecule has 7 heteroatoms. The number of rotatable bonds is 5. The Morgan fingerprint density at radius 2 is 2.08 bits per heavy atom. The fourth-order valence-corrected chi connectivity index (χ4v) is 3.31. The number of nitrogens with zero attached hydrogens (tertiary/aromatic N) is 3. The summed E-state index contributed by atoms with van der Waals surface area (Å²) in [4.78, 5) is 35.0. The second kappa shape index (κ2) is 7.95. The van der Waals surface area contributed by atoms with Crippen LogP contribution in [0.4, 0.5) is 0 Å². The molecule has 0 bridgehead atoms. The Morgan fingerprint density at radius 3 is 2.81 bits per heavy atom. The minimum atomic E-state index is -0.314. The van der Waals surface area contributed by atoms with E-state index >= 15 is 0 Å². The Labute approximate surface area is 152 Å². The first-order chi connectivity index (χ1) is 12.6. The highest BCUT2D eigenvalue weighted by molar-refractivity contribution is 5.84. The second-order valence-electron chi connectivity index (χ2n) is 6.26. The van der Waals surface area contributed by atoms with Crippen molar-refractivity contribution in [3.63, 3.8) is 0 Å². The van der Waals surface area contributed by atoms with Crippen LogP contribution in [0.15, 0.2) is 42.7 Å². The molecule has 3 heterocycles. The van der Waals surface area contributed by atoms with Crippen LogP contribution < -0.4 is 10.1 Å². The molecule has 0 radical (unpaired) electrons. The molecule has 1 fully saturated rings. The van der Waals surface area contributed by atoms with E-state index in [1.807, 2.05) is 24.3 Å². The van der Waals surface area contributed by atoms with Gasteiger partial charge in [0, 0.05) is 31.9 Å². The van der Waals surface area contributed by atoms with Crippen molar-refractivity contribution in [2.45, 2.75) is 25.4 Å². The number of carbonyl (C=O) groups is 2. The summed E-state index contributed by atoms with van der Waals surface area (Å²) in [5.74, 6) is 0.154. The highest BCUT2D eigenvalue weighted by Gasteiger charge is 2.38. The predicted molar refractivity (Wildman–Crippen MR) is 95.1 cm³/mol. The lowest BCUT2D eigenvalue weighted by molar-refractivity contribution is -0.141. The maximum atomic E-state index is 12.8. The summed E-state index contributed by atoms with van der Waals surface area (Å²) in [6.07, 6.45) is 4.25. The molecule has 2 atom stereocenters. The van der Waals surface area contributed by atoms with E-state index in [0.717, 1.165) is 11.3 Å². The van der Waals surface area contributed by atoms with Crippen molar-refractivity contribution in [3.05, 3.63) is 54.0 Å². The maximum Gasteiger partial charge on any atom is 0.225 e. The molecule has 2 amide bonds. The van der Waals surface area contributed by atoms with Gasteiger partial charge in [0.05, 0.1) is 31.3 Å². The van der Waals surface area contributed by atoms with Gasteiger partial charge in [0.25, 0.3) is 0 Å². The van der Waals surface area contributed by atoms with Crippen molar-refractivity contribution >= 4 is 11.8 Å². The third-order valence-corrected chi connectivity index (χ3v) is 4.68. The van der Waals surface area contributed by atoms with Crippen LogP contribution in [0.5, 0.6) is 5.88 Å². The molecule has 0 aliphatic carbocycles. The minimum absolute atomic E-state index is 0.0466. The quantitative estimate of drug-likeness (QED) is 0.884. The lowest BCUT2D eigenvalue weighted by Gasteiger charge is -2.38. The van der Waals surface area contributed by atoms with E-state index < -0.39 is 0 Å². The van der Waals surface area contributed by atoms with Gasteiger partial charge >= 0.3 is 0 Å². The third kappa shape index (κ3) is 3.82. The van der Waals surface area contributed by atoms with Crippen LogP contribution in [-0.2, 0) is 16.1 Å². The molecule has 0 unspecified atom stereocenters. The maximum absolute atomic E-state index is 12.8. The summed E-state index contributed by atoms with van der Waals surface area (Å²) in [5, 5.41) is 2.94. The van der Waals surface area contributed by atoms with Crippen LogP contribution >= 0.6 is 0 Å². The molecule has 0 saturated carbocycles. The first kappa shape index (κ1) is 17.8. The van der Waals surface area contributed by atoms with Crippen LogP contribution in [0.1, 0.15) is 30.1 Å². The Kier molecular flexibility index (Phi) is 5.46. The number of hydrogen-bond donors (Lipinski definition) is 1. The molecule has 1 N–H and O–H groups in total. The first-order valence-electron chi connectivity index (χ1n) is 8.53. The number of pyridine rings is 2. The molecule has 2 aromatic heterocycles. The van der Waals surface area contributed by atoms with E-state index in [0.29, 0.717) is 25.3 Å². The van der Waals surface area contributed by atoms with E-state index in [4.69, 9.17) is 4.74 Å². The fourth-order valence-electron chi connectivity index (χ4n) is 3.31. The lowest BCUT2D eigenvalue weighted by atomic mass is 9.84. The second-order valence-corrected chi connectivity index (χ2v) is 6.26. The van der Waals surface area contributed by atoms with Gasteiger partial charge in [-0.05, 0) is 30.2 Å². The molecular weight excluding hydrogens is 332 g/mol. The van der Waals surface area contributed by atoms with Gasteiger partial charge in [0.2, 0.25) is 17.7 Å². The topological polar surface area (TPSA) is 84.4 Å². The summed E-state index contributed by atoms with van der Waals surface area (Å²) in [6.45, 7) is 0.313. The molecule has 0 spiro atoms. The van der Waals surface area contributed by atoms with E-state index in [9.17, 15) is 9.59 Å². The van der Waals surface area contributed by atoms with E-state index in [1.165, 1.54) is 0 Å². The molecule has 26 heavy (non-hydrogen) atoms. The molecule has 3 rings (SSSR count). The number of amides is 2. The zero-order chi connectivity index (χ0) is 18.5. The number of hydrogen-bond acceptors (Lipinski definition) is 5. The Bertz CT molecular complexity index is 781. The van der Waals surface area contributed by atoms with Crippen LogP contribution in [-0.4, -0.2) is 40.8 Å². The third-order valence-electron chi connectivity index (χ3n) is 4.68. The van der Waals surface area contributed by atoms with E-state index in [2.05, 4.69) is 15.3 Å². The average molecular weight is 354 g/mol. The summed E-state index contributed by atoms with van der Waals surface area (Å²) in [6, 6.07) is 8.83. The van der Waals surface area contributed by atoms with Crippen molar-refractivity contribution in [2.24, 2.45) is 5.92 Å². The number of nitrogens with one attached hydrogen (secondary N) is 1. The van der Waals surface area contributed by atoms with Crippen molar-refractivity contribution in [2.75, 3.05) is 14.2 Å². The molecule has 7 nitrogen and oxygen atoms in total. The molecule has 1 aliphatic heterocycles. The smallest absolute Gasteiger partial charge is 0.225 e. The molecular formula is C19H22N4O3. The van der Waals surface area contributed by atoms with Gasteiger partial charge in [-0.3, -0.25) is 14.6 Å². The standard InChI is InChI=1S/C19H22N4O3/c1-23-17(24)7-6-15(18(23)13-8-10-20-11-9-13)19(25)21-12-14-4-3-5-16(22-14)26-2/h3-5,8-11,15,18H,6-7,12H2,1-2H3,(H,21,25)/t15-,18+/m0/s1. The summed E-state index contributed by atoms with van der Waals surface area (Å²) in [7, 11) is 3.30. The molecule has 1 saturated heterocycles. The monoisotopic (exact) mass is 354 g/mol. The lowest BCUT2D eigenvalue weighted by Crippen LogP contribution is -2.46. The average Bonchev–Trinajstić information content (AvgIpc) is 2.69. The molecule has 136 valence electrons. The van der Waals surface area contributed by atoms with Crippen LogP contribution in [0.25, 0.3) is 0 Å². The van der Waals surface area contributed by atoms with E-state index in [-0.39, 0.29) is 23.8 Å².